The Kier molecular flexibility index (Phi) is 4.18. The summed E-state index contributed by atoms with van der Waals surface area (Å²) in [5, 5.41) is 0. The lowest BCUT2D eigenvalue weighted by molar-refractivity contribution is 0.0598. The van der Waals surface area contributed by atoms with Crippen LogP contribution in [-0.2, 0) is 10.6 Å². The van der Waals surface area contributed by atoms with E-state index in [9.17, 15) is 13.6 Å². The van der Waals surface area contributed by atoms with Crippen molar-refractivity contribution >= 4 is 17.6 Å². The number of esters is 1. The number of alkyl halides is 3. The van der Waals surface area contributed by atoms with Gasteiger partial charge in [-0.15, -0.1) is 11.6 Å². The van der Waals surface area contributed by atoms with E-state index in [1.807, 2.05) is 0 Å². The molecule has 1 aromatic rings. The van der Waals surface area contributed by atoms with Crippen molar-refractivity contribution in [3.8, 4) is 0 Å². The Morgan fingerprint density at radius 3 is 2.69 bits per heavy atom. The normalized spacial score (nSPS) is 10.6. The van der Waals surface area contributed by atoms with E-state index in [0.717, 1.165) is 6.07 Å². The van der Waals surface area contributed by atoms with E-state index in [-0.39, 0.29) is 22.7 Å². The molecule has 0 aliphatic carbocycles. The Bertz CT molecular complexity index is 410. The van der Waals surface area contributed by atoms with Crippen LogP contribution in [0.3, 0.4) is 0 Å². The van der Waals surface area contributed by atoms with Crippen molar-refractivity contribution in [2.45, 2.75) is 19.2 Å². The second kappa shape index (κ2) is 5.21. The number of pyridine rings is 1. The summed E-state index contributed by atoms with van der Waals surface area (Å²) in [6.45, 7) is 1.54. The van der Waals surface area contributed by atoms with Gasteiger partial charge >= 0.3 is 5.97 Å². The molecular formula is C10H10ClF2NO2. The van der Waals surface area contributed by atoms with Gasteiger partial charge in [-0.05, 0) is 13.0 Å². The third-order valence-corrected chi connectivity index (χ3v) is 2.35. The summed E-state index contributed by atoms with van der Waals surface area (Å²) >= 11 is 5.50. The van der Waals surface area contributed by atoms with E-state index in [2.05, 4.69) is 9.72 Å². The second-order valence-corrected chi connectivity index (χ2v) is 3.35. The fourth-order valence-corrected chi connectivity index (χ4v) is 1.50. The van der Waals surface area contributed by atoms with Gasteiger partial charge in [0.1, 0.15) is 0 Å². The van der Waals surface area contributed by atoms with Crippen LogP contribution >= 0.6 is 11.6 Å². The van der Waals surface area contributed by atoms with Gasteiger partial charge in [-0.25, -0.2) is 13.6 Å². The number of halogens is 3. The number of carbonyl (C=O) groups excluding carboxylic acids is 1. The molecule has 16 heavy (non-hydrogen) atoms. The van der Waals surface area contributed by atoms with Gasteiger partial charge in [0.2, 0.25) is 0 Å². The molecule has 0 aromatic carbocycles. The summed E-state index contributed by atoms with van der Waals surface area (Å²) in [4.78, 5) is 15.1. The molecule has 0 bridgehead atoms. The molecule has 0 atom stereocenters. The molecule has 6 heteroatoms. The summed E-state index contributed by atoms with van der Waals surface area (Å²) in [5.74, 6) is -0.810. The summed E-state index contributed by atoms with van der Waals surface area (Å²) in [7, 11) is 1.18. The van der Waals surface area contributed by atoms with Gasteiger partial charge in [0, 0.05) is 5.56 Å². The Morgan fingerprint density at radius 1 is 1.62 bits per heavy atom. The molecule has 3 nitrogen and oxygen atoms in total. The van der Waals surface area contributed by atoms with Crippen molar-refractivity contribution in [1.29, 1.82) is 0 Å². The molecule has 0 saturated heterocycles. The van der Waals surface area contributed by atoms with Crippen LogP contribution in [0, 0.1) is 6.92 Å². The molecule has 0 radical (unpaired) electrons. The zero-order valence-electron chi connectivity index (χ0n) is 8.76. The van der Waals surface area contributed by atoms with Crippen molar-refractivity contribution in [2.24, 2.45) is 0 Å². The van der Waals surface area contributed by atoms with E-state index >= 15 is 0 Å². The Labute approximate surface area is 96.4 Å². The maximum Gasteiger partial charge on any atom is 0.339 e. The first-order valence-electron chi connectivity index (χ1n) is 4.44. The molecular weight excluding hydrogens is 240 g/mol. The van der Waals surface area contributed by atoms with Gasteiger partial charge in [-0.3, -0.25) is 4.98 Å². The number of nitrogens with zero attached hydrogens (tertiary/aromatic N) is 1. The SMILES string of the molecule is COC(=O)c1cc(C(F)F)c(CCl)nc1C. The Hall–Kier alpha value is -1.23. The van der Waals surface area contributed by atoms with Crippen molar-refractivity contribution < 1.29 is 18.3 Å². The van der Waals surface area contributed by atoms with Crippen LogP contribution in [0.15, 0.2) is 6.07 Å². The molecule has 0 aliphatic heterocycles. The predicted molar refractivity (Wildman–Crippen MR) is 54.8 cm³/mol. The van der Waals surface area contributed by atoms with Crippen LogP contribution in [0.5, 0.6) is 0 Å². The highest BCUT2D eigenvalue weighted by Gasteiger charge is 2.19. The van der Waals surface area contributed by atoms with Crippen molar-refractivity contribution in [2.75, 3.05) is 7.11 Å². The summed E-state index contributed by atoms with van der Waals surface area (Å²) in [6, 6.07) is 1.08. The molecule has 88 valence electrons. The highest BCUT2D eigenvalue weighted by molar-refractivity contribution is 6.17. The van der Waals surface area contributed by atoms with E-state index in [1.54, 1.807) is 0 Å². The number of carbonyl (C=O) groups is 1. The summed E-state index contributed by atoms with van der Waals surface area (Å²) < 4.78 is 29.8. The highest BCUT2D eigenvalue weighted by atomic mass is 35.5. The summed E-state index contributed by atoms with van der Waals surface area (Å²) in [5.41, 5.74) is 0.112. The predicted octanol–water partition coefficient (Wildman–Crippen LogP) is 2.85. The van der Waals surface area contributed by atoms with Gasteiger partial charge in [-0.1, -0.05) is 0 Å². The molecule has 1 heterocycles. The third kappa shape index (κ3) is 2.47. The van der Waals surface area contributed by atoms with Crippen LogP contribution in [0.1, 0.15) is 33.7 Å². The number of aryl methyl sites for hydroxylation is 1. The average Bonchev–Trinajstić information content (AvgIpc) is 2.27. The molecule has 0 aliphatic rings. The van der Waals surface area contributed by atoms with Crippen LogP contribution in [0.25, 0.3) is 0 Å². The highest BCUT2D eigenvalue weighted by Crippen LogP contribution is 2.25. The molecule has 0 spiro atoms. The molecule has 0 unspecified atom stereocenters. The van der Waals surface area contributed by atoms with Gasteiger partial charge < -0.3 is 4.74 Å². The minimum atomic E-state index is -2.72. The van der Waals surface area contributed by atoms with E-state index in [0.29, 0.717) is 5.69 Å². The van der Waals surface area contributed by atoms with E-state index < -0.39 is 12.4 Å². The Balaban J connectivity index is 3.33. The second-order valence-electron chi connectivity index (χ2n) is 3.08. The van der Waals surface area contributed by atoms with Gasteiger partial charge in [0.15, 0.2) is 0 Å². The lowest BCUT2D eigenvalue weighted by Gasteiger charge is -2.10. The van der Waals surface area contributed by atoms with Gasteiger partial charge in [0.25, 0.3) is 6.43 Å². The first-order chi connectivity index (χ1) is 7.51. The monoisotopic (exact) mass is 249 g/mol. The lowest BCUT2D eigenvalue weighted by atomic mass is 10.1. The van der Waals surface area contributed by atoms with Crippen LogP contribution in [0.4, 0.5) is 8.78 Å². The van der Waals surface area contributed by atoms with Gasteiger partial charge in [-0.2, -0.15) is 0 Å². The minimum absolute atomic E-state index is 0.0340. The quantitative estimate of drug-likeness (QED) is 0.611. The summed E-state index contributed by atoms with van der Waals surface area (Å²) in [6.07, 6.45) is -2.72. The van der Waals surface area contributed by atoms with Crippen LogP contribution in [-0.4, -0.2) is 18.1 Å². The minimum Gasteiger partial charge on any atom is -0.465 e. The van der Waals surface area contributed by atoms with Crippen molar-refractivity contribution in [3.63, 3.8) is 0 Å². The first kappa shape index (κ1) is 12.8. The molecule has 0 amide bonds. The molecule has 0 fully saturated rings. The maximum absolute atomic E-state index is 12.6. The van der Waals surface area contributed by atoms with E-state index in [4.69, 9.17) is 11.6 Å². The zero-order valence-corrected chi connectivity index (χ0v) is 9.52. The van der Waals surface area contributed by atoms with Gasteiger partial charge in [0.05, 0.1) is 29.9 Å². The first-order valence-corrected chi connectivity index (χ1v) is 4.97. The van der Waals surface area contributed by atoms with Crippen molar-refractivity contribution in [3.05, 3.63) is 28.6 Å². The van der Waals surface area contributed by atoms with Crippen molar-refractivity contribution in [1.82, 2.24) is 4.98 Å². The number of aromatic nitrogens is 1. The molecule has 0 saturated carbocycles. The zero-order chi connectivity index (χ0) is 12.3. The molecule has 1 aromatic heterocycles. The smallest absolute Gasteiger partial charge is 0.339 e. The molecule has 1 rings (SSSR count). The third-order valence-electron chi connectivity index (χ3n) is 2.09. The average molecular weight is 250 g/mol. The number of rotatable bonds is 3. The number of hydrogen-bond acceptors (Lipinski definition) is 3. The number of ether oxygens (including phenoxy) is 1. The number of hydrogen-bond donors (Lipinski definition) is 0. The van der Waals surface area contributed by atoms with Crippen LogP contribution in [0.2, 0.25) is 0 Å². The van der Waals surface area contributed by atoms with Crippen LogP contribution < -0.4 is 0 Å². The Morgan fingerprint density at radius 2 is 2.25 bits per heavy atom. The fraction of sp³-hybridized carbons (Fsp3) is 0.400. The number of methoxy groups -OCH3 is 1. The fourth-order valence-electron chi connectivity index (χ4n) is 1.28. The maximum atomic E-state index is 12.6. The van der Waals surface area contributed by atoms with E-state index in [1.165, 1.54) is 14.0 Å². The lowest BCUT2D eigenvalue weighted by Crippen LogP contribution is -2.09. The topological polar surface area (TPSA) is 39.2 Å². The standard InChI is InChI=1S/C10H10ClF2NO2/c1-5-6(10(15)16-2)3-7(9(12)13)8(4-11)14-5/h3,9H,4H2,1-2H3. The molecule has 0 N–H and O–H groups in total. The largest absolute Gasteiger partial charge is 0.465 e.